The molecular weight excluding hydrogens is 242 g/mol. The highest BCUT2D eigenvalue weighted by molar-refractivity contribution is 5.74. The van der Waals surface area contributed by atoms with E-state index < -0.39 is 0 Å². The Morgan fingerprint density at radius 3 is 2.79 bits per heavy atom. The topological polar surface area (TPSA) is 44.8 Å². The number of carbonyl (C=O) groups is 1. The molecule has 2 aliphatic rings. The van der Waals surface area contributed by atoms with Crippen molar-refractivity contribution in [2.75, 3.05) is 33.4 Å². The Morgan fingerprint density at radius 2 is 2.11 bits per heavy atom. The van der Waals surface area contributed by atoms with Crippen LogP contribution in [0.1, 0.15) is 33.1 Å². The van der Waals surface area contributed by atoms with Gasteiger partial charge in [0.2, 0.25) is 0 Å². The van der Waals surface area contributed by atoms with Crippen molar-refractivity contribution in [1.82, 2.24) is 15.1 Å². The highest BCUT2D eigenvalue weighted by atomic mass is 16.5. The number of hydrogen-bond donors (Lipinski definition) is 1. The molecule has 5 heteroatoms. The highest BCUT2D eigenvalue weighted by Crippen LogP contribution is 2.28. The summed E-state index contributed by atoms with van der Waals surface area (Å²) in [5.41, 5.74) is 0. The summed E-state index contributed by atoms with van der Waals surface area (Å²) in [7, 11) is 1.76. The molecule has 0 aromatic rings. The van der Waals surface area contributed by atoms with Crippen molar-refractivity contribution in [2.24, 2.45) is 0 Å². The van der Waals surface area contributed by atoms with Gasteiger partial charge >= 0.3 is 6.03 Å². The van der Waals surface area contributed by atoms with Crippen LogP contribution < -0.4 is 5.32 Å². The van der Waals surface area contributed by atoms with Crippen molar-refractivity contribution >= 4 is 6.03 Å². The second-order valence-electron chi connectivity index (χ2n) is 5.99. The zero-order valence-electron chi connectivity index (χ0n) is 12.4. The van der Waals surface area contributed by atoms with Crippen LogP contribution in [-0.2, 0) is 4.74 Å². The van der Waals surface area contributed by atoms with Gasteiger partial charge in [-0.15, -0.1) is 0 Å². The molecule has 110 valence electrons. The maximum absolute atomic E-state index is 12.1. The molecule has 5 nitrogen and oxygen atoms in total. The third-order valence-corrected chi connectivity index (χ3v) is 4.07. The summed E-state index contributed by atoms with van der Waals surface area (Å²) in [5.74, 6) is 0. The number of methoxy groups -OCH3 is 1. The van der Waals surface area contributed by atoms with Gasteiger partial charge in [0.15, 0.2) is 0 Å². The fourth-order valence-electron chi connectivity index (χ4n) is 3.11. The summed E-state index contributed by atoms with van der Waals surface area (Å²) in [5, 5.41) is 3.00. The molecule has 0 spiro atoms. The lowest BCUT2D eigenvalue weighted by atomic mass is 9.91. The Morgan fingerprint density at radius 1 is 1.37 bits per heavy atom. The van der Waals surface area contributed by atoms with E-state index in [9.17, 15) is 4.79 Å². The minimum absolute atomic E-state index is 0.0899. The van der Waals surface area contributed by atoms with Gasteiger partial charge in [-0.3, -0.25) is 4.90 Å². The van der Waals surface area contributed by atoms with Crippen LogP contribution in [0.3, 0.4) is 0 Å². The van der Waals surface area contributed by atoms with E-state index in [0.29, 0.717) is 12.1 Å². The van der Waals surface area contributed by atoms with E-state index in [1.54, 1.807) is 7.11 Å². The van der Waals surface area contributed by atoms with Gasteiger partial charge in [0, 0.05) is 38.3 Å². The van der Waals surface area contributed by atoms with Gasteiger partial charge in [0.1, 0.15) is 0 Å². The second-order valence-corrected chi connectivity index (χ2v) is 5.99. The van der Waals surface area contributed by atoms with Crippen LogP contribution in [0.15, 0.2) is 0 Å². The molecule has 2 fully saturated rings. The van der Waals surface area contributed by atoms with Crippen LogP contribution in [0.4, 0.5) is 4.79 Å². The van der Waals surface area contributed by atoms with Gasteiger partial charge in [-0.2, -0.15) is 0 Å². The normalized spacial score (nSPS) is 28.3. The minimum Gasteiger partial charge on any atom is -0.383 e. The predicted octanol–water partition coefficient (Wildman–Crippen LogP) is 1.29. The first-order chi connectivity index (χ1) is 9.11. The highest BCUT2D eigenvalue weighted by Gasteiger charge is 2.40. The summed E-state index contributed by atoms with van der Waals surface area (Å²) in [6.07, 6.45) is 3.41. The Balaban J connectivity index is 1.89. The Labute approximate surface area is 116 Å². The number of hydrogen-bond acceptors (Lipinski definition) is 3. The number of fused-ring (bicyclic) bond motifs is 1. The van der Waals surface area contributed by atoms with Crippen LogP contribution in [-0.4, -0.2) is 67.3 Å². The molecule has 1 N–H and O–H groups in total. The molecule has 0 radical (unpaired) electrons. The van der Waals surface area contributed by atoms with Crippen molar-refractivity contribution in [2.45, 2.75) is 51.2 Å². The Bertz CT molecular complexity index is 309. The van der Waals surface area contributed by atoms with Gasteiger partial charge in [0.25, 0.3) is 0 Å². The third kappa shape index (κ3) is 3.60. The Hall–Kier alpha value is -0.810. The molecule has 0 saturated carbocycles. The van der Waals surface area contributed by atoms with E-state index in [-0.39, 0.29) is 12.1 Å². The van der Waals surface area contributed by atoms with Crippen LogP contribution >= 0.6 is 0 Å². The first-order valence-electron chi connectivity index (χ1n) is 7.42. The number of ether oxygens (including phenoxy) is 1. The van der Waals surface area contributed by atoms with Gasteiger partial charge in [-0.1, -0.05) is 0 Å². The van der Waals surface area contributed by atoms with E-state index in [0.717, 1.165) is 39.1 Å². The summed E-state index contributed by atoms with van der Waals surface area (Å²) in [6, 6.07) is 1.38. The SMILES string of the molecule is COC[C@@H]1C[C@@H]2CN(C(=O)NC(C)C)CCCCN12. The van der Waals surface area contributed by atoms with E-state index in [1.807, 2.05) is 18.7 Å². The minimum atomic E-state index is 0.0899. The molecule has 19 heavy (non-hydrogen) atoms. The average Bonchev–Trinajstić information content (AvgIpc) is 2.31. The average molecular weight is 269 g/mol. The van der Waals surface area contributed by atoms with Crippen molar-refractivity contribution in [1.29, 1.82) is 0 Å². The second kappa shape index (κ2) is 6.57. The van der Waals surface area contributed by atoms with Gasteiger partial charge in [-0.05, 0) is 39.7 Å². The predicted molar refractivity (Wildman–Crippen MR) is 75.2 cm³/mol. The molecule has 2 saturated heterocycles. The third-order valence-electron chi connectivity index (χ3n) is 4.07. The number of amides is 2. The van der Waals surface area contributed by atoms with E-state index in [2.05, 4.69) is 10.2 Å². The van der Waals surface area contributed by atoms with Gasteiger partial charge in [-0.25, -0.2) is 4.79 Å². The smallest absolute Gasteiger partial charge is 0.317 e. The van der Waals surface area contributed by atoms with Crippen LogP contribution in [0.2, 0.25) is 0 Å². The zero-order valence-corrected chi connectivity index (χ0v) is 12.4. The van der Waals surface area contributed by atoms with Crippen LogP contribution in [0, 0.1) is 0 Å². The maximum Gasteiger partial charge on any atom is 0.317 e. The lowest BCUT2D eigenvalue weighted by molar-refractivity contribution is -0.0440. The summed E-state index contributed by atoms with van der Waals surface area (Å²) >= 11 is 0. The molecule has 2 atom stereocenters. The van der Waals surface area contributed by atoms with Gasteiger partial charge < -0.3 is 15.0 Å². The van der Waals surface area contributed by atoms with Gasteiger partial charge in [0.05, 0.1) is 6.61 Å². The molecule has 2 amide bonds. The fourth-order valence-corrected chi connectivity index (χ4v) is 3.11. The summed E-state index contributed by atoms with van der Waals surface area (Å²) < 4.78 is 5.26. The molecule has 0 aromatic heterocycles. The standard InChI is InChI=1S/C14H27N3O2/c1-11(2)15-14(18)16-6-4-5-7-17-12(9-16)8-13(17)10-19-3/h11-13H,4-10H2,1-3H3,(H,15,18)/t12-,13+/m1/s1. The number of rotatable bonds is 3. The molecular formula is C14H27N3O2. The van der Waals surface area contributed by atoms with Crippen LogP contribution in [0.25, 0.3) is 0 Å². The Kier molecular flexibility index (Phi) is 5.05. The lowest BCUT2D eigenvalue weighted by Crippen LogP contribution is -2.63. The molecule has 0 unspecified atom stereocenters. The van der Waals surface area contributed by atoms with Crippen molar-refractivity contribution in [3.8, 4) is 0 Å². The largest absolute Gasteiger partial charge is 0.383 e. The first-order valence-corrected chi connectivity index (χ1v) is 7.42. The van der Waals surface area contributed by atoms with Crippen LogP contribution in [0.5, 0.6) is 0 Å². The maximum atomic E-state index is 12.1. The molecule has 2 heterocycles. The quantitative estimate of drug-likeness (QED) is 0.839. The number of urea groups is 1. The molecule has 0 aliphatic carbocycles. The summed E-state index contributed by atoms with van der Waals surface area (Å²) in [6.45, 7) is 7.72. The van der Waals surface area contributed by atoms with E-state index in [4.69, 9.17) is 4.74 Å². The summed E-state index contributed by atoms with van der Waals surface area (Å²) in [4.78, 5) is 16.6. The fraction of sp³-hybridized carbons (Fsp3) is 0.929. The molecule has 0 bridgehead atoms. The van der Waals surface area contributed by atoms with Crippen molar-refractivity contribution in [3.05, 3.63) is 0 Å². The monoisotopic (exact) mass is 269 g/mol. The number of nitrogens with zero attached hydrogens (tertiary/aromatic N) is 2. The lowest BCUT2D eigenvalue weighted by Gasteiger charge is -2.51. The van der Waals surface area contributed by atoms with Crippen molar-refractivity contribution in [3.63, 3.8) is 0 Å². The first kappa shape index (κ1) is 14.6. The van der Waals surface area contributed by atoms with E-state index >= 15 is 0 Å². The zero-order chi connectivity index (χ0) is 13.8. The molecule has 2 rings (SSSR count). The number of carbonyl (C=O) groups excluding carboxylic acids is 1. The molecule has 2 aliphatic heterocycles. The van der Waals surface area contributed by atoms with E-state index in [1.165, 1.54) is 6.42 Å². The molecule has 0 aromatic carbocycles. The number of nitrogens with one attached hydrogen (secondary N) is 1. The van der Waals surface area contributed by atoms with Crippen molar-refractivity contribution < 1.29 is 9.53 Å².